The van der Waals surface area contributed by atoms with Gasteiger partial charge in [0.05, 0.1) is 0 Å². The molecule has 0 aromatic rings. The molecule has 15 heavy (non-hydrogen) atoms. The molecular weight excluding hydrogens is 184 g/mol. The fraction of sp³-hybridized carbons (Fsp3) is 1.00. The molecule has 90 valence electrons. The summed E-state index contributed by atoms with van der Waals surface area (Å²) in [5.74, 6) is 2.47. The highest BCUT2D eigenvalue weighted by molar-refractivity contribution is 4.84. The second kappa shape index (κ2) is 5.86. The Hall–Kier alpha value is -0.0800. The van der Waals surface area contributed by atoms with E-state index < -0.39 is 0 Å². The number of piperidine rings is 1. The molecule has 0 bridgehead atoms. The number of hydrogen-bond acceptors (Lipinski definition) is 2. The minimum atomic E-state index is 0.699. The second-order valence-electron chi connectivity index (χ2n) is 5.84. The Balaban J connectivity index is 2.51. The van der Waals surface area contributed by atoms with Crippen molar-refractivity contribution in [1.82, 2.24) is 10.2 Å². The third kappa shape index (κ3) is 4.12. The van der Waals surface area contributed by atoms with Gasteiger partial charge in [-0.1, -0.05) is 27.7 Å². The number of rotatable bonds is 4. The molecule has 0 aromatic carbocycles. The summed E-state index contributed by atoms with van der Waals surface area (Å²) in [5, 5.41) is 3.45. The lowest BCUT2D eigenvalue weighted by Gasteiger charge is -2.40. The number of likely N-dealkylation sites (N-methyl/N-ethyl adjacent to an activating group) is 1. The van der Waals surface area contributed by atoms with Crippen molar-refractivity contribution in [2.75, 3.05) is 26.7 Å². The molecule has 1 rings (SSSR count). The molecule has 1 heterocycles. The molecule has 1 N–H and O–H groups in total. The van der Waals surface area contributed by atoms with E-state index in [-0.39, 0.29) is 0 Å². The van der Waals surface area contributed by atoms with Gasteiger partial charge in [-0.15, -0.1) is 0 Å². The molecule has 0 spiro atoms. The quantitative estimate of drug-likeness (QED) is 0.768. The number of hydrogen-bond donors (Lipinski definition) is 1. The van der Waals surface area contributed by atoms with Crippen LogP contribution in [0.1, 0.15) is 34.1 Å². The van der Waals surface area contributed by atoms with Gasteiger partial charge in [-0.25, -0.2) is 0 Å². The maximum absolute atomic E-state index is 3.45. The zero-order chi connectivity index (χ0) is 11.4. The molecule has 0 aliphatic carbocycles. The van der Waals surface area contributed by atoms with Crippen molar-refractivity contribution in [1.29, 1.82) is 0 Å². The van der Waals surface area contributed by atoms with Gasteiger partial charge in [0.15, 0.2) is 0 Å². The lowest BCUT2D eigenvalue weighted by Crippen LogP contribution is -2.50. The molecule has 1 saturated heterocycles. The summed E-state index contributed by atoms with van der Waals surface area (Å²) in [4.78, 5) is 2.64. The number of nitrogens with one attached hydrogen (secondary N) is 1. The first-order chi connectivity index (χ1) is 7.02. The van der Waals surface area contributed by atoms with Crippen molar-refractivity contribution < 1.29 is 0 Å². The van der Waals surface area contributed by atoms with Gasteiger partial charge in [0.2, 0.25) is 0 Å². The first-order valence-electron chi connectivity index (χ1n) is 6.42. The lowest BCUT2D eigenvalue weighted by molar-refractivity contribution is 0.108. The highest BCUT2D eigenvalue weighted by atomic mass is 15.2. The summed E-state index contributed by atoms with van der Waals surface area (Å²) in [7, 11) is 2.10. The van der Waals surface area contributed by atoms with Crippen LogP contribution in [-0.4, -0.2) is 37.6 Å². The summed E-state index contributed by atoms with van der Waals surface area (Å²) >= 11 is 0. The monoisotopic (exact) mass is 212 g/mol. The molecule has 1 aliphatic rings. The van der Waals surface area contributed by atoms with Crippen LogP contribution in [0.5, 0.6) is 0 Å². The van der Waals surface area contributed by atoms with E-state index >= 15 is 0 Å². The molecule has 1 aliphatic heterocycles. The summed E-state index contributed by atoms with van der Waals surface area (Å²) in [6.45, 7) is 13.1. The first kappa shape index (κ1) is 13.0. The SMILES string of the molecule is CNC1CC(C(C)C)CN(CC(C)C)C1. The molecule has 0 saturated carbocycles. The second-order valence-corrected chi connectivity index (χ2v) is 5.84. The topological polar surface area (TPSA) is 15.3 Å². The van der Waals surface area contributed by atoms with E-state index in [1.54, 1.807) is 0 Å². The van der Waals surface area contributed by atoms with E-state index in [1.165, 1.54) is 26.1 Å². The Bertz CT molecular complexity index is 177. The van der Waals surface area contributed by atoms with Gasteiger partial charge < -0.3 is 10.2 Å². The van der Waals surface area contributed by atoms with Crippen LogP contribution in [0.2, 0.25) is 0 Å². The predicted molar refractivity (Wildman–Crippen MR) is 67.1 cm³/mol. The zero-order valence-electron chi connectivity index (χ0n) is 11.1. The lowest BCUT2D eigenvalue weighted by atomic mass is 9.85. The van der Waals surface area contributed by atoms with E-state index in [9.17, 15) is 0 Å². The molecule has 2 unspecified atom stereocenters. The van der Waals surface area contributed by atoms with Crippen LogP contribution in [0.15, 0.2) is 0 Å². The van der Waals surface area contributed by atoms with E-state index in [0.29, 0.717) is 6.04 Å². The van der Waals surface area contributed by atoms with Crippen molar-refractivity contribution >= 4 is 0 Å². The molecular formula is C13H28N2. The zero-order valence-corrected chi connectivity index (χ0v) is 11.1. The van der Waals surface area contributed by atoms with Gasteiger partial charge in [-0.05, 0) is 31.2 Å². The maximum Gasteiger partial charge on any atom is 0.0195 e. The normalized spacial score (nSPS) is 29.0. The maximum atomic E-state index is 3.45. The number of likely N-dealkylation sites (tertiary alicyclic amines) is 1. The molecule has 0 aromatic heterocycles. The third-order valence-corrected chi connectivity index (χ3v) is 3.53. The Kier molecular flexibility index (Phi) is 5.07. The van der Waals surface area contributed by atoms with E-state index in [1.807, 2.05) is 0 Å². The van der Waals surface area contributed by atoms with Crippen molar-refractivity contribution in [3.05, 3.63) is 0 Å². The van der Waals surface area contributed by atoms with Gasteiger partial charge in [0.1, 0.15) is 0 Å². The Labute approximate surface area is 95.4 Å². The van der Waals surface area contributed by atoms with Crippen LogP contribution in [0, 0.1) is 17.8 Å². The molecule has 0 radical (unpaired) electrons. The fourth-order valence-corrected chi connectivity index (χ4v) is 2.59. The summed E-state index contributed by atoms with van der Waals surface area (Å²) in [6.07, 6.45) is 1.35. The van der Waals surface area contributed by atoms with Gasteiger partial charge in [-0.2, -0.15) is 0 Å². The van der Waals surface area contributed by atoms with Crippen molar-refractivity contribution in [2.45, 2.75) is 40.2 Å². The molecule has 2 nitrogen and oxygen atoms in total. The van der Waals surface area contributed by atoms with Crippen LogP contribution in [0.4, 0.5) is 0 Å². The van der Waals surface area contributed by atoms with Crippen LogP contribution in [0.3, 0.4) is 0 Å². The van der Waals surface area contributed by atoms with Gasteiger partial charge in [-0.3, -0.25) is 0 Å². The Morgan fingerprint density at radius 1 is 1.20 bits per heavy atom. The minimum absolute atomic E-state index is 0.699. The molecule has 0 amide bonds. The summed E-state index contributed by atoms with van der Waals surface area (Å²) in [5.41, 5.74) is 0. The van der Waals surface area contributed by atoms with Gasteiger partial charge in [0, 0.05) is 25.7 Å². The van der Waals surface area contributed by atoms with Crippen LogP contribution >= 0.6 is 0 Å². The Morgan fingerprint density at radius 2 is 1.87 bits per heavy atom. The minimum Gasteiger partial charge on any atom is -0.316 e. The molecule has 2 heteroatoms. The highest BCUT2D eigenvalue weighted by Crippen LogP contribution is 2.24. The third-order valence-electron chi connectivity index (χ3n) is 3.53. The fourth-order valence-electron chi connectivity index (χ4n) is 2.59. The molecule has 2 atom stereocenters. The standard InChI is InChI=1S/C13H28N2/c1-10(2)7-15-8-12(11(3)4)6-13(9-15)14-5/h10-14H,6-9H2,1-5H3. The average molecular weight is 212 g/mol. The average Bonchev–Trinajstić information content (AvgIpc) is 2.16. The van der Waals surface area contributed by atoms with E-state index in [2.05, 4.69) is 45.0 Å². The van der Waals surface area contributed by atoms with Crippen LogP contribution < -0.4 is 5.32 Å². The smallest absolute Gasteiger partial charge is 0.0195 e. The van der Waals surface area contributed by atoms with Crippen LogP contribution in [0.25, 0.3) is 0 Å². The van der Waals surface area contributed by atoms with Gasteiger partial charge in [0.25, 0.3) is 0 Å². The highest BCUT2D eigenvalue weighted by Gasteiger charge is 2.28. The summed E-state index contributed by atoms with van der Waals surface area (Å²) in [6, 6.07) is 0.699. The largest absolute Gasteiger partial charge is 0.316 e. The van der Waals surface area contributed by atoms with E-state index in [0.717, 1.165) is 17.8 Å². The van der Waals surface area contributed by atoms with E-state index in [4.69, 9.17) is 0 Å². The Morgan fingerprint density at radius 3 is 2.33 bits per heavy atom. The molecule has 1 fully saturated rings. The predicted octanol–water partition coefficient (Wildman–Crippen LogP) is 2.21. The first-order valence-corrected chi connectivity index (χ1v) is 6.42. The summed E-state index contributed by atoms with van der Waals surface area (Å²) < 4.78 is 0. The van der Waals surface area contributed by atoms with Crippen molar-refractivity contribution in [3.8, 4) is 0 Å². The van der Waals surface area contributed by atoms with Crippen molar-refractivity contribution in [3.63, 3.8) is 0 Å². The number of nitrogens with zero attached hydrogens (tertiary/aromatic N) is 1. The van der Waals surface area contributed by atoms with Crippen molar-refractivity contribution in [2.24, 2.45) is 17.8 Å². The van der Waals surface area contributed by atoms with Crippen LogP contribution in [-0.2, 0) is 0 Å². The van der Waals surface area contributed by atoms with Gasteiger partial charge >= 0.3 is 0 Å².